The number of benzene rings is 1. The number of hydrogen-bond donors (Lipinski definition) is 1. The molecule has 0 radical (unpaired) electrons. The van der Waals surface area contributed by atoms with Crippen molar-refractivity contribution in [3.05, 3.63) is 41.2 Å². The number of anilines is 1. The van der Waals surface area contributed by atoms with Gasteiger partial charge in [-0.25, -0.2) is 0 Å². The average Bonchev–Trinajstić information content (AvgIpc) is 3.44. The van der Waals surface area contributed by atoms with Crippen LogP contribution >= 0.6 is 11.6 Å². The number of halogens is 3. The normalized spacial score (nSPS) is 23.3. The van der Waals surface area contributed by atoms with Gasteiger partial charge in [-0.3, -0.25) is 14.3 Å². The van der Waals surface area contributed by atoms with Crippen molar-refractivity contribution in [3.63, 3.8) is 0 Å². The van der Waals surface area contributed by atoms with Crippen molar-refractivity contribution in [1.82, 2.24) is 14.7 Å². The lowest BCUT2D eigenvalue weighted by Gasteiger charge is -2.43. The SMILES string of the molecule is CCOC(=O)C(CN1CCC(C(=O)Nc2ccc(Cl)cc2OC(F)F)(n2nccc2C(C)C)CC1)C1CC(C)OC(C)C1. The number of esters is 1. The third-order valence-corrected chi connectivity index (χ3v) is 8.77. The molecule has 3 unspecified atom stereocenters. The molecular weight excluding hydrogens is 582 g/mol. The summed E-state index contributed by atoms with van der Waals surface area (Å²) in [5.74, 6) is -0.895. The van der Waals surface area contributed by atoms with Crippen LogP contribution in [0, 0.1) is 11.8 Å². The van der Waals surface area contributed by atoms with Crippen LogP contribution in [0.15, 0.2) is 30.5 Å². The summed E-state index contributed by atoms with van der Waals surface area (Å²) in [5.41, 5.74) is -0.110. The number of carbonyl (C=O) groups excluding carboxylic acids is 2. The molecule has 43 heavy (non-hydrogen) atoms. The van der Waals surface area contributed by atoms with Crippen molar-refractivity contribution in [2.24, 2.45) is 11.8 Å². The zero-order chi connectivity index (χ0) is 31.3. The molecule has 2 aliphatic rings. The lowest BCUT2D eigenvalue weighted by atomic mass is 9.80. The van der Waals surface area contributed by atoms with Gasteiger partial charge in [-0.15, -0.1) is 0 Å². The summed E-state index contributed by atoms with van der Waals surface area (Å²) in [6.07, 6.45) is 4.15. The largest absolute Gasteiger partial charge is 0.466 e. The number of hydrogen-bond acceptors (Lipinski definition) is 7. The molecule has 0 bridgehead atoms. The highest BCUT2D eigenvalue weighted by atomic mass is 35.5. The van der Waals surface area contributed by atoms with E-state index in [0.717, 1.165) is 18.5 Å². The van der Waals surface area contributed by atoms with Gasteiger partial charge in [0, 0.05) is 42.6 Å². The summed E-state index contributed by atoms with van der Waals surface area (Å²) in [6.45, 7) is 8.73. The van der Waals surface area contributed by atoms with Gasteiger partial charge < -0.3 is 24.4 Å². The molecule has 1 amide bonds. The van der Waals surface area contributed by atoms with E-state index in [1.807, 2.05) is 40.7 Å². The first-order chi connectivity index (χ1) is 20.4. The van der Waals surface area contributed by atoms with Crippen molar-refractivity contribution in [1.29, 1.82) is 0 Å². The summed E-state index contributed by atoms with van der Waals surface area (Å²) in [4.78, 5) is 29.5. The first-order valence-electron chi connectivity index (χ1n) is 15.1. The van der Waals surface area contributed by atoms with E-state index >= 15 is 0 Å². The molecule has 0 aliphatic carbocycles. The summed E-state index contributed by atoms with van der Waals surface area (Å²) in [6, 6.07) is 6.10. The van der Waals surface area contributed by atoms with Crippen LogP contribution in [0.25, 0.3) is 0 Å². The number of amides is 1. The second kappa shape index (κ2) is 14.3. The zero-order valence-corrected chi connectivity index (χ0v) is 26.3. The molecule has 1 aromatic heterocycles. The molecule has 12 heteroatoms. The van der Waals surface area contributed by atoms with Gasteiger partial charge >= 0.3 is 12.6 Å². The molecule has 0 spiro atoms. The van der Waals surface area contributed by atoms with Gasteiger partial charge in [-0.1, -0.05) is 25.4 Å². The highest BCUT2D eigenvalue weighted by Gasteiger charge is 2.46. The smallest absolute Gasteiger partial charge is 0.387 e. The van der Waals surface area contributed by atoms with E-state index in [0.29, 0.717) is 39.1 Å². The minimum atomic E-state index is -3.08. The van der Waals surface area contributed by atoms with Gasteiger partial charge in [-0.2, -0.15) is 13.9 Å². The lowest BCUT2D eigenvalue weighted by Crippen LogP contribution is -2.55. The molecule has 4 rings (SSSR count). The van der Waals surface area contributed by atoms with Crippen LogP contribution in [-0.4, -0.2) is 71.6 Å². The summed E-state index contributed by atoms with van der Waals surface area (Å²) < 4.78 is 44.2. The Balaban J connectivity index is 1.59. The van der Waals surface area contributed by atoms with Crippen LogP contribution in [0.5, 0.6) is 5.75 Å². The first kappa shape index (κ1) is 33.1. The van der Waals surface area contributed by atoms with E-state index in [1.54, 1.807) is 10.9 Å². The molecule has 2 fully saturated rings. The third kappa shape index (κ3) is 7.85. The van der Waals surface area contributed by atoms with E-state index in [-0.39, 0.29) is 58.3 Å². The molecule has 3 atom stereocenters. The average molecular weight is 625 g/mol. The Labute approximate surface area is 257 Å². The number of alkyl halides is 2. The maximum atomic E-state index is 14.2. The molecule has 2 aliphatic heterocycles. The summed E-state index contributed by atoms with van der Waals surface area (Å²) >= 11 is 6.02. The van der Waals surface area contributed by atoms with Crippen LogP contribution in [0.2, 0.25) is 5.02 Å². The van der Waals surface area contributed by atoms with Gasteiger partial charge in [0.15, 0.2) is 5.75 Å². The highest BCUT2D eigenvalue weighted by molar-refractivity contribution is 6.30. The fourth-order valence-electron chi connectivity index (χ4n) is 6.51. The van der Waals surface area contributed by atoms with Crippen LogP contribution < -0.4 is 10.1 Å². The number of carbonyl (C=O) groups is 2. The van der Waals surface area contributed by atoms with E-state index in [1.165, 1.54) is 18.2 Å². The number of aromatic nitrogens is 2. The molecule has 2 aromatic rings. The van der Waals surface area contributed by atoms with Gasteiger partial charge in [0.05, 0.1) is 30.4 Å². The fourth-order valence-corrected chi connectivity index (χ4v) is 6.67. The quantitative estimate of drug-likeness (QED) is 0.303. The van der Waals surface area contributed by atoms with E-state index < -0.39 is 12.2 Å². The van der Waals surface area contributed by atoms with Crippen molar-refractivity contribution in [2.75, 3.05) is 31.6 Å². The predicted molar refractivity (Wildman–Crippen MR) is 160 cm³/mol. The number of rotatable bonds is 11. The van der Waals surface area contributed by atoms with Crippen molar-refractivity contribution in [2.45, 2.75) is 90.6 Å². The first-order valence-corrected chi connectivity index (χ1v) is 15.5. The number of likely N-dealkylation sites (tertiary alicyclic amines) is 1. The van der Waals surface area contributed by atoms with Crippen molar-refractivity contribution in [3.8, 4) is 5.75 Å². The number of nitrogens with one attached hydrogen (secondary N) is 1. The Hall–Kier alpha value is -2.76. The fraction of sp³-hybridized carbons (Fsp3) is 0.645. The van der Waals surface area contributed by atoms with Crippen molar-refractivity contribution >= 4 is 29.2 Å². The Bertz CT molecular complexity index is 1240. The Morgan fingerprint density at radius 2 is 1.84 bits per heavy atom. The van der Waals surface area contributed by atoms with E-state index in [2.05, 4.69) is 20.1 Å². The minimum absolute atomic E-state index is 0.0597. The second-order valence-corrected chi connectivity index (χ2v) is 12.4. The van der Waals surface area contributed by atoms with Crippen LogP contribution in [-0.2, 0) is 24.6 Å². The molecular formula is C31H43ClF2N4O5. The number of ether oxygens (including phenoxy) is 3. The lowest BCUT2D eigenvalue weighted by molar-refractivity contribution is -0.155. The molecule has 3 heterocycles. The second-order valence-electron chi connectivity index (χ2n) is 12.0. The number of nitrogens with zero attached hydrogens (tertiary/aromatic N) is 3. The summed E-state index contributed by atoms with van der Waals surface area (Å²) in [5, 5.41) is 7.63. The molecule has 1 aromatic carbocycles. The monoisotopic (exact) mass is 624 g/mol. The molecule has 2 saturated heterocycles. The number of piperidine rings is 1. The summed E-state index contributed by atoms with van der Waals surface area (Å²) in [7, 11) is 0. The zero-order valence-electron chi connectivity index (χ0n) is 25.5. The maximum Gasteiger partial charge on any atom is 0.387 e. The molecule has 0 saturated carbocycles. The Kier molecular flexibility index (Phi) is 11.1. The van der Waals surface area contributed by atoms with Crippen molar-refractivity contribution < 1.29 is 32.6 Å². The minimum Gasteiger partial charge on any atom is -0.466 e. The van der Waals surface area contributed by atoms with Crippen LogP contribution in [0.4, 0.5) is 14.5 Å². The maximum absolute atomic E-state index is 14.2. The van der Waals surface area contributed by atoms with Gasteiger partial charge in [0.1, 0.15) is 5.54 Å². The van der Waals surface area contributed by atoms with E-state index in [4.69, 9.17) is 21.1 Å². The Morgan fingerprint density at radius 3 is 2.44 bits per heavy atom. The molecule has 9 nitrogen and oxygen atoms in total. The van der Waals surface area contributed by atoms with Gasteiger partial charge in [-0.05, 0) is 76.5 Å². The third-order valence-electron chi connectivity index (χ3n) is 8.53. The molecule has 238 valence electrons. The van der Waals surface area contributed by atoms with Crippen LogP contribution in [0.1, 0.15) is 71.9 Å². The topological polar surface area (TPSA) is 94.9 Å². The van der Waals surface area contributed by atoms with Gasteiger partial charge in [0.25, 0.3) is 5.91 Å². The Morgan fingerprint density at radius 1 is 1.16 bits per heavy atom. The van der Waals surface area contributed by atoms with Crippen LogP contribution in [0.3, 0.4) is 0 Å². The molecule has 1 N–H and O–H groups in total. The highest BCUT2D eigenvalue weighted by Crippen LogP contribution is 2.38. The standard InChI is InChI=1S/C31H43ClF2N4O5/c1-6-41-28(39)24(22-15-20(4)42-21(5)16-22)18-37-13-10-31(11-14-37,38-26(19(2)3)9-12-35-38)29(40)36-25-8-7-23(32)17-27(25)43-30(33)34/h7-9,12,17,19-22,24,30H,6,10-11,13-16,18H2,1-5H3,(H,36,40). The van der Waals surface area contributed by atoms with E-state index in [9.17, 15) is 18.4 Å². The predicted octanol–water partition coefficient (Wildman–Crippen LogP) is 6.07. The van der Waals surface area contributed by atoms with Gasteiger partial charge in [0.2, 0.25) is 0 Å².